The van der Waals surface area contributed by atoms with Gasteiger partial charge in [0.1, 0.15) is 5.84 Å². The number of hydrogen-bond donors (Lipinski definition) is 2. The van der Waals surface area contributed by atoms with Crippen LogP contribution in [0.5, 0.6) is 0 Å². The molecule has 0 aromatic carbocycles. The molecule has 0 aromatic heterocycles. The van der Waals surface area contributed by atoms with Crippen LogP contribution in [0.1, 0.15) is 52.4 Å². The van der Waals surface area contributed by atoms with Crippen LogP contribution in [0.3, 0.4) is 0 Å². The van der Waals surface area contributed by atoms with Crippen molar-refractivity contribution in [3.05, 3.63) is 0 Å². The molecule has 4 heteroatoms. The maximum atomic E-state index is 8.56. The molecule has 0 aromatic rings. The average molecular weight is 243 g/mol. The fourth-order valence-corrected chi connectivity index (χ4v) is 1.91. The van der Waals surface area contributed by atoms with Gasteiger partial charge in [0.05, 0.1) is 0 Å². The van der Waals surface area contributed by atoms with Gasteiger partial charge in [-0.2, -0.15) is 0 Å². The molecule has 1 unspecified atom stereocenters. The van der Waals surface area contributed by atoms with Crippen molar-refractivity contribution in [3.63, 3.8) is 0 Å². The van der Waals surface area contributed by atoms with E-state index in [-0.39, 0.29) is 5.92 Å². The first-order valence-electron chi connectivity index (χ1n) is 6.77. The third kappa shape index (κ3) is 8.98. The number of unbranched alkanes of at least 4 members (excludes halogenated alkanes) is 5. The summed E-state index contributed by atoms with van der Waals surface area (Å²) in [6.45, 7) is 6.16. The monoisotopic (exact) mass is 243 g/mol. The lowest BCUT2D eigenvalue weighted by molar-refractivity contribution is 0.290. The minimum absolute atomic E-state index is 0.116. The van der Waals surface area contributed by atoms with Gasteiger partial charge in [-0.1, -0.05) is 51.1 Å². The lowest BCUT2D eigenvalue weighted by Gasteiger charge is -2.20. The van der Waals surface area contributed by atoms with Crippen LogP contribution in [0.4, 0.5) is 0 Å². The molecule has 0 saturated heterocycles. The molecule has 0 aliphatic carbocycles. The first-order valence-corrected chi connectivity index (χ1v) is 6.77. The lowest BCUT2D eigenvalue weighted by atomic mass is 10.1. The minimum atomic E-state index is 0.116. The van der Waals surface area contributed by atoms with E-state index in [1.165, 1.54) is 38.5 Å². The Morgan fingerprint density at radius 1 is 1.24 bits per heavy atom. The van der Waals surface area contributed by atoms with Crippen molar-refractivity contribution >= 4 is 5.84 Å². The highest BCUT2D eigenvalue weighted by atomic mass is 16.4. The predicted molar refractivity (Wildman–Crippen MR) is 73.4 cm³/mol. The molecule has 0 saturated carbocycles. The van der Waals surface area contributed by atoms with Crippen molar-refractivity contribution < 1.29 is 5.21 Å². The summed E-state index contributed by atoms with van der Waals surface area (Å²) in [7, 11) is 2.09. The Morgan fingerprint density at radius 2 is 1.82 bits per heavy atom. The SMILES string of the molecule is CCCCCCCCN(C)CC(C)C(N)=NO. The fourth-order valence-electron chi connectivity index (χ4n) is 1.91. The Morgan fingerprint density at radius 3 is 2.41 bits per heavy atom. The van der Waals surface area contributed by atoms with E-state index in [2.05, 4.69) is 24.0 Å². The van der Waals surface area contributed by atoms with E-state index < -0.39 is 0 Å². The Kier molecular flexibility index (Phi) is 9.92. The Balaban J connectivity index is 3.49. The molecular formula is C13H29N3O. The summed E-state index contributed by atoms with van der Waals surface area (Å²) >= 11 is 0. The molecular weight excluding hydrogens is 214 g/mol. The van der Waals surface area contributed by atoms with Gasteiger partial charge < -0.3 is 15.8 Å². The van der Waals surface area contributed by atoms with E-state index in [0.29, 0.717) is 5.84 Å². The van der Waals surface area contributed by atoms with E-state index in [4.69, 9.17) is 10.9 Å². The normalized spacial score (nSPS) is 14.2. The average Bonchev–Trinajstić information content (AvgIpc) is 2.32. The van der Waals surface area contributed by atoms with Crippen LogP contribution >= 0.6 is 0 Å². The van der Waals surface area contributed by atoms with E-state index >= 15 is 0 Å². The van der Waals surface area contributed by atoms with Gasteiger partial charge in [-0.25, -0.2) is 0 Å². The third-order valence-corrected chi connectivity index (χ3v) is 3.10. The molecule has 0 bridgehead atoms. The number of nitrogens with two attached hydrogens (primary N) is 1. The highest BCUT2D eigenvalue weighted by Gasteiger charge is 2.10. The summed E-state index contributed by atoms with van der Waals surface area (Å²) < 4.78 is 0. The second kappa shape index (κ2) is 10.4. The van der Waals surface area contributed by atoms with Crippen LogP contribution in [0.25, 0.3) is 0 Å². The van der Waals surface area contributed by atoms with E-state index in [1.807, 2.05) is 6.92 Å². The van der Waals surface area contributed by atoms with Crippen LogP contribution in [0.2, 0.25) is 0 Å². The second-order valence-corrected chi connectivity index (χ2v) is 4.96. The first-order chi connectivity index (χ1) is 8.11. The summed E-state index contributed by atoms with van der Waals surface area (Å²) in [6, 6.07) is 0. The van der Waals surface area contributed by atoms with E-state index in [1.54, 1.807) is 0 Å². The van der Waals surface area contributed by atoms with Crippen LogP contribution in [-0.2, 0) is 0 Å². The Hall–Kier alpha value is -0.770. The van der Waals surface area contributed by atoms with Crippen molar-refractivity contribution in [1.82, 2.24) is 4.90 Å². The van der Waals surface area contributed by atoms with E-state index in [9.17, 15) is 0 Å². The molecule has 0 spiro atoms. The molecule has 4 nitrogen and oxygen atoms in total. The zero-order valence-electron chi connectivity index (χ0n) is 11.7. The summed E-state index contributed by atoms with van der Waals surface area (Å²) in [5.41, 5.74) is 5.55. The second-order valence-electron chi connectivity index (χ2n) is 4.96. The molecule has 0 radical (unpaired) electrons. The van der Waals surface area contributed by atoms with Crippen molar-refractivity contribution in [2.75, 3.05) is 20.1 Å². The maximum absolute atomic E-state index is 8.56. The standard InChI is InChI=1S/C13H29N3O/c1-4-5-6-7-8-9-10-16(3)11-12(2)13(14)15-17/h12,17H,4-11H2,1-3H3,(H2,14,15). The van der Waals surface area contributed by atoms with Gasteiger partial charge in [-0.15, -0.1) is 0 Å². The fraction of sp³-hybridized carbons (Fsp3) is 0.923. The number of amidine groups is 1. The van der Waals surface area contributed by atoms with Crippen LogP contribution in [0, 0.1) is 5.92 Å². The number of rotatable bonds is 10. The van der Waals surface area contributed by atoms with Crippen molar-refractivity contribution in [2.24, 2.45) is 16.8 Å². The predicted octanol–water partition coefficient (Wildman–Crippen LogP) is 2.66. The van der Waals surface area contributed by atoms with Gasteiger partial charge in [0.25, 0.3) is 0 Å². The molecule has 17 heavy (non-hydrogen) atoms. The molecule has 1 atom stereocenters. The van der Waals surface area contributed by atoms with Crippen LogP contribution in [-0.4, -0.2) is 36.1 Å². The lowest BCUT2D eigenvalue weighted by Crippen LogP contribution is -2.33. The number of oxime groups is 1. The van der Waals surface area contributed by atoms with Gasteiger partial charge in [-0.05, 0) is 20.0 Å². The minimum Gasteiger partial charge on any atom is -0.409 e. The van der Waals surface area contributed by atoms with Gasteiger partial charge in [-0.3, -0.25) is 0 Å². The highest BCUT2D eigenvalue weighted by molar-refractivity contribution is 5.82. The van der Waals surface area contributed by atoms with Crippen molar-refractivity contribution in [2.45, 2.75) is 52.4 Å². The summed E-state index contributed by atoms with van der Waals surface area (Å²) in [6.07, 6.45) is 7.91. The summed E-state index contributed by atoms with van der Waals surface area (Å²) in [5.74, 6) is 0.435. The Labute approximate surface area is 106 Å². The molecule has 0 aliphatic rings. The Bertz CT molecular complexity index is 207. The largest absolute Gasteiger partial charge is 0.409 e. The smallest absolute Gasteiger partial charge is 0.143 e. The van der Waals surface area contributed by atoms with Crippen LogP contribution < -0.4 is 5.73 Å². The summed E-state index contributed by atoms with van der Waals surface area (Å²) in [5, 5.41) is 11.6. The first kappa shape index (κ1) is 16.2. The van der Waals surface area contributed by atoms with Gasteiger partial charge in [0.15, 0.2) is 0 Å². The number of nitrogens with zero attached hydrogens (tertiary/aromatic N) is 2. The summed E-state index contributed by atoms with van der Waals surface area (Å²) in [4.78, 5) is 2.25. The van der Waals surface area contributed by atoms with Crippen LogP contribution in [0.15, 0.2) is 5.16 Å². The van der Waals surface area contributed by atoms with Gasteiger partial charge in [0.2, 0.25) is 0 Å². The molecule has 0 aliphatic heterocycles. The maximum Gasteiger partial charge on any atom is 0.143 e. The van der Waals surface area contributed by atoms with Crippen molar-refractivity contribution in [1.29, 1.82) is 0 Å². The van der Waals surface area contributed by atoms with Gasteiger partial charge in [0, 0.05) is 12.5 Å². The zero-order valence-corrected chi connectivity index (χ0v) is 11.7. The van der Waals surface area contributed by atoms with E-state index in [0.717, 1.165) is 13.1 Å². The molecule has 0 fully saturated rings. The third-order valence-electron chi connectivity index (χ3n) is 3.10. The molecule has 0 amide bonds. The molecule has 0 heterocycles. The number of hydrogen-bond acceptors (Lipinski definition) is 3. The molecule has 3 N–H and O–H groups in total. The zero-order chi connectivity index (χ0) is 13.1. The highest BCUT2D eigenvalue weighted by Crippen LogP contribution is 2.06. The molecule has 102 valence electrons. The van der Waals surface area contributed by atoms with Gasteiger partial charge >= 0.3 is 0 Å². The van der Waals surface area contributed by atoms with Crippen molar-refractivity contribution in [3.8, 4) is 0 Å². The molecule has 0 rings (SSSR count). The quantitative estimate of drug-likeness (QED) is 0.204. The topological polar surface area (TPSA) is 61.8 Å².